The molecule has 2 N–H and O–H groups in total. The monoisotopic (exact) mass is 256 g/mol. The topological polar surface area (TPSA) is 62.5 Å². The summed E-state index contributed by atoms with van der Waals surface area (Å²) < 4.78 is 0. The number of nitrogens with zero attached hydrogens (tertiary/aromatic N) is 3. The summed E-state index contributed by atoms with van der Waals surface area (Å²) in [5.41, 5.74) is 6.21. The summed E-state index contributed by atoms with van der Waals surface area (Å²) in [5.74, 6) is -0.0463. The average Bonchev–Trinajstić information content (AvgIpc) is 2.73. The van der Waals surface area contributed by atoms with Crippen LogP contribution in [0.1, 0.15) is 28.5 Å². The molecule has 5 nitrogen and oxygen atoms in total. The molecule has 1 amide bonds. The van der Waals surface area contributed by atoms with Crippen LogP contribution in [0, 0.1) is 0 Å². The predicted octanol–water partition coefficient (Wildman–Crippen LogP) is 0.796. The Kier molecular flexibility index (Phi) is 5.04. The number of amides is 1. The van der Waals surface area contributed by atoms with Crippen molar-refractivity contribution >= 4 is 17.2 Å². The molecule has 0 saturated heterocycles. The number of carbonyl (C=O) groups is 1. The molecule has 0 bridgehead atoms. The van der Waals surface area contributed by atoms with E-state index < -0.39 is 0 Å². The number of thiazole rings is 1. The molecule has 17 heavy (non-hydrogen) atoms. The van der Waals surface area contributed by atoms with Crippen LogP contribution in [0.4, 0.5) is 0 Å². The minimum absolute atomic E-state index is 0.0463. The first-order valence-corrected chi connectivity index (χ1v) is 6.41. The molecule has 1 heterocycles. The lowest BCUT2D eigenvalue weighted by Gasteiger charge is -2.18. The number of hydrogen-bond donors (Lipinski definition) is 1. The van der Waals surface area contributed by atoms with E-state index in [1.165, 1.54) is 11.3 Å². The number of aromatic nitrogens is 1. The van der Waals surface area contributed by atoms with Gasteiger partial charge in [0.1, 0.15) is 10.7 Å². The summed E-state index contributed by atoms with van der Waals surface area (Å²) in [7, 11) is 5.75. The Morgan fingerprint density at radius 1 is 1.47 bits per heavy atom. The average molecular weight is 256 g/mol. The maximum atomic E-state index is 12.0. The van der Waals surface area contributed by atoms with Crippen molar-refractivity contribution in [3.8, 4) is 0 Å². The molecule has 0 radical (unpaired) electrons. The van der Waals surface area contributed by atoms with Crippen LogP contribution in [-0.4, -0.2) is 54.9 Å². The number of nitrogens with two attached hydrogens (primary N) is 1. The van der Waals surface area contributed by atoms with Crippen molar-refractivity contribution in [2.45, 2.75) is 13.0 Å². The van der Waals surface area contributed by atoms with E-state index in [1.54, 1.807) is 17.3 Å². The Labute approximate surface area is 106 Å². The molecule has 0 aromatic carbocycles. The summed E-state index contributed by atoms with van der Waals surface area (Å²) in [6.07, 6.45) is 0. The van der Waals surface area contributed by atoms with Gasteiger partial charge in [-0.3, -0.25) is 4.79 Å². The van der Waals surface area contributed by atoms with Crippen LogP contribution in [-0.2, 0) is 0 Å². The maximum Gasteiger partial charge on any atom is 0.273 e. The van der Waals surface area contributed by atoms with Crippen LogP contribution >= 0.6 is 11.3 Å². The molecule has 0 saturated carbocycles. The van der Waals surface area contributed by atoms with E-state index in [9.17, 15) is 4.79 Å². The molecular weight excluding hydrogens is 236 g/mol. The van der Waals surface area contributed by atoms with Gasteiger partial charge in [0.25, 0.3) is 5.91 Å². The van der Waals surface area contributed by atoms with Crippen molar-refractivity contribution in [1.29, 1.82) is 0 Å². The van der Waals surface area contributed by atoms with E-state index in [1.807, 2.05) is 25.9 Å². The number of likely N-dealkylation sites (N-methyl/N-ethyl adjacent to an activating group) is 2. The van der Waals surface area contributed by atoms with Crippen LogP contribution in [0.3, 0.4) is 0 Å². The van der Waals surface area contributed by atoms with Crippen molar-refractivity contribution in [3.05, 3.63) is 16.1 Å². The molecule has 0 aliphatic rings. The van der Waals surface area contributed by atoms with E-state index in [-0.39, 0.29) is 11.9 Å². The minimum Gasteiger partial charge on any atom is -0.339 e. The zero-order valence-corrected chi connectivity index (χ0v) is 11.6. The van der Waals surface area contributed by atoms with Gasteiger partial charge in [0, 0.05) is 25.5 Å². The Hall–Kier alpha value is -0.980. The smallest absolute Gasteiger partial charge is 0.273 e. The summed E-state index contributed by atoms with van der Waals surface area (Å²) in [4.78, 5) is 20.0. The maximum absolute atomic E-state index is 12.0. The third-order valence-electron chi connectivity index (χ3n) is 2.36. The quantitative estimate of drug-likeness (QED) is 0.846. The zero-order chi connectivity index (χ0) is 13.0. The van der Waals surface area contributed by atoms with Gasteiger partial charge in [0.2, 0.25) is 0 Å². The molecular formula is C11H20N4OS. The second-order valence-electron chi connectivity index (χ2n) is 4.39. The van der Waals surface area contributed by atoms with E-state index in [0.717, 1.165) is 11.6 Å². The van der Waals surface area contributed by atoms with Gasteiger partial charge in [-0.15, -0.1) is 11.3 Å². The van der Waals surface area contributed by atoms with Gasteiger partial charge in [0.15, 0.2) is 0 Å². The molecule has 1 aromatic heterocycles. The van der Waals surface area contributed by atoms with Crippen molar-refractivity contribution in [1.82, 2.24) is 14.8 Å². The molecule has 1 atom stereocenters. The summed E-state index contributed by atoms with van der Waals surface area (Å²) in [6, 6.07) is -0.117. The van der Waals surface area contributed by atoms with E-state index >= 15 is 0 Å². The number of rotatable bonds is 5. The lowest BCUT2D eigenvalue weighted by Crippen LogP contribution is -2.33. The second kappa shape index (κ2) is 6.09. The van der Waals surface area contributed by atoms with E-state index in [0.29, 0.717) is 12.2 Å². The summed E-state index contributed by atoms with van der Waals surface area (Å²) in [6.45, 7) is 3.40. The first kappa shape index (κ1) is 14.1. The normalized spacial score (nSPS) is 12.8. The first-order valence-electron chi connectivity index (χ1n) is 5.53. The molecule has 1 unspecified atom stereocenters. The lowest BCUT2D eigenvalue weighted by molar-refractivity contribution is 0.0781. The zero-order valence-electron chi connectivity index (χ0n) is 10.8. The fraction of sp³-hybridized carbons (Fsp3) is 0.636. The fourth-order valence-electron chi connectivity index (χ4n) is 1.24. The molecule has 0 aliphatic carbocycles. The van der Waals surface area contributed by atoms with Gasteiger partial charge in [-0.05, 0) is 21.0 Å². The molecule has 1 rings (SSSR count). The highest BCUT2D eigenvalue weighted by Crippen LogP contribution is 2.16. The van der Waals surface area contributed by atoms with Gasteiger partial charge in [-0.25, -0.2) is 4.98 Å². The van der Waals surface area contributed by atoms with Crippen molar-refractivity contribution in [2.75, 3.05) is 34.2 Å². The standard InChI is InChI=1S/C11H20N4OS/c1-8(12)10-13-9(7-17-10)11(16)15(4)6-5-14(2)3/h7-8H,5-6,12H2,1-4H3. The highest BCUT2D eigenvalue weighted by Gasteiger charge is 2.16. The highest BCUT2D eigenvalue weighted by molar-refractivity contribution is 7.09. The Morgan fingerprint density at radius 2 is 2.12 bits per heavy atom. The van der Waals surface area contributed by atoms with Crippen LogP contribution in [0.5, 0.6) is 0 Å². The van der Waals surface area contributed by atoms with E-state index in [2.05, 4.69) is 4.98 Å². The number of carbonyl (C=O) groups excluding carboxylic acids is 1. The lowest BCUT2D eigenvalue weighted by atomic mass is 10.3. The van der Waals surface area contributed by atoms with Gasteiger partial charge in [-0.2, -0.15) is 0 Å². The second-order valence-corrected chi connectivity index (χ2v) is 5.28. The molecule has 96 valence electrons. The van der Waals surface area contributed by atoms with Crippen molar-refractivity contribution < 1.29 is 4.79 Å². The Morgan fingerprint density at radius 3 is 2.59 bits per heavy atom. The van der Waals surface area contributed by atoms with Crippen LogP contribution < -0.4 is 5.73 Å². The van der Waals surface area contributed by atoms with Crippen molar-refractivity contribution in [3.63, 3.8) is 0 Å². The first-order chi connectivity index (χ1) is 7.91. The Balaban J connectivity index is 2.61. The van der Waals surface area contributed by atoms with Gasteiger partial charge < -0.3 is 15.5 Å². The molecule has 0 fully saturated rings. The minimum atomic E-state index is -0.117. The van der Waals surface area contributed by atoms with Gasteiger partial charge >= 0.3 is 0 Å². The highest BCUT2D eigenvalue weighted by atomic mass is 32.1. The van der Waals surface area contributed by atoms with Crippen LogP contribution in [0.2, 0.25) is 0 Å². The molecule has 1 aromatic rings. The molecule has 0 spiro atoms. The van der Waals surface area contributed by atoms with Crippen molar-refractivity contribution in [2.24, 2.45) is 5.73 Å². The van der Waals surface area contributed by atoms with Crippen LogP contribution in [0.15, 0.2) is 5.38 Å². The molecule has 0 aliphatic heterocycles. The van der Waals surface area contributed by atoms with Gasteiger partial charge in [-0.1, -0.05) is 0 Å². The predicted molar refractivity (Wildman–Crippen MR) is 70.2 cm³/mol. The fourth-order valence-corrected chi connectivity index (χ4v) is 1.99. The summed E-state index contributed by atoms with van der Waals surface area (Å²) >= 11 is 1.43. The SMILES string of the molecule is CC(N)c1nc(C(=O)N(C)CCN(C)C)cs1. The third kappa shape index (κ3) is 4.07. The van der Waals surface area contributed by atoms with E-state index in [4.69, 9.17) is 5.73 Å². The third-order valence-corrected chi connectivity index (χ3v) is 3.41. The largest absolute Gasteiger partial charge is 0.339 e. The summed E-state index contributed by atoms with van der Waals surface area (Å²) in [5, 5.41) is 2.57. The molecule has 6 heteroatoms. The number of hydrogen-bond acceptors (Lipinski definition) is 5. The van der Waals surface area contributed by atoms with Crippen LogP contribution in [0.25, 0.3) is 0 Å². The van der Waals surface area contributed by atoms with Gasteiger partial charge in [0.05, 0.1) is 6.04 Å². The Bertz CT molecular complexity index is 375.